The predicted octanol–water partition coefficient (Wildman–Crippen LogP) is 0.779. The lowest BCUT2D eigenvalue weighted by Gasteiger charge is -2.03. The summed E-state index contributed by atoms with van der Waals surface area (Å²) in [6, 6.07) is 9.90. The standard InChI is InChI=1S/C10H15N2O2S/c11-15(13,14)8-4-7-12-9-10-5-2-1-3-6-10/h1-3,5-6,11-12H,4,7-9H2. The minimum atomic E-state index is -3.56. The van der Waals surface area contributed by atoms with Gasteiger partial charge in [0.2, 0.25) is 10.0 Å². The lowest BCUT2D eigenvalue weighted by atomic mass is 10.2. The van der Waals surface area contributed by atoms with E-state index in [0.717, 1.165) is 6.54 Å². The van der Waals surface area contributed by atoms with Gasteiger partial charge in [-0.25, -0.2) is 8.42 Å². The van der Waals surface area contributed by atoms with Gasteiger partial charge in [-0.15, -0.1) is 5.14 Å². The van der Waals surface area contributed by atoms with Crippen molar-refractivity contribution in [3.63, 3.8) is 0 Å². The average molecular weight is 227 g/mol. The normalized spacial score (nSPS) is 11.5. The van der Waals surface area contributed by atoms with Gasteiger partial charge < -0.3 is 5.32 Å². The summed E-state index contributed by atoms with van der Waals surface area (Å²) in [4.78, 5) is 0. The maximum absolute atomic E-state index is 10.5. The van der Waals surface area contributed by atoms with Crippen LogP contribution in [0.25, 0.3) is 0 Å². The Morgan fingerprint density at radius 1 is 1.20 bits per heavy atom. The molecule has 2 N–H and O–H groups in total. The first-order valence-corrected chi connectivity index (χ1v) is 6.45. The molecule has 0 aromatic heterocycles. The maximum Gasteiger partial charge on any atom is 0.225 e. The summed E-state index contributed by atoms with van der Waals surface area (Å²) in [7, 11) is -3.56. The molecular weight excluding hydrogens is 212 g/mol. The Morgan fingerprint density at radius 2 is 1.87 bits per heavy atom. The van der Waals surface area contributed by atoms with E-state index >= 15 is 0 Å². The molecule has 0 unspecified atom stereocenters. The Morgan fingerprint density at radius 3 is 2.47 bits per heavy atom. The molecule has 4 nitrogen and oxygen atoms in total. The van der Waals surface area contributed by atoms with E-state index < -0.39 is 10.0 Å². The second kappa shape index (κ2) is 5.85. The van der Waals surface area contributed by atoms with Gasteiger partial charge in [-0.1, -0.05) is 30.3 Å². The van der Waals surface area contributed by atoms with Crippen molar-refractivity contribution in [2.24, 2.45) is 0 Å². The number of hydrogen-bond donors (Lipinski definition) is 1. The Hall–Kier alpha value is -0.910. The first kappa shape index (κ1) is 12.2. The predicted molar refractivity (Wildman–Crippen MR) is 59.6 cm³/mol. The van der Waals surface area contributed by atoms with Crippen LogP contribution in [0, 0.1) is 0 Å². The van der Waals surface area contributed by atoms with E-state index in [1.54, 1.807) is 0 Å². The highest BCUT2D eigenvalue weighted by Gasteiger charge is 2.01. The van der Waals surface area contributed by atoms with E-state index in [1.165, 1.54) is 5.56 Å². The van der Waals surface area contributed by atoms with Crippen molar-refractivity contribution in [3.05, 3.63) is 35.9 Å². The lowest BCUT2D eigenvalue weighted by Crippen LogP contribution is -2.18. The molecule has 0 amide bonds. The molecule has 15 heavy (non-hydrogen) atoms. The van der Waals surface area contributed by atoms with Gasteiger partial charge in [0.05, 0.1) is 5.75 Å². The van der Waals surface area contributed by atoms with Crippen LogP contribution in [0.2, 0.25) is 0 Å². The number of hydrogen-bond acceptors (Lipinski definition) is 3. The van der Waals surface area contributed by atoms with Crippen LogP contribution in [-0.4, -0.2) is 20.7 Å². The molecule has 0 heterocycles. The molecule has 5 heteroatoms. The maximum atomic E-state index is 10.5. The molecular formula is C10H15N2O2S. The summed E-state index contributed by atoms with van der Waals surface area (Å²) in [6.07, 6.45) is 0.485. The van der Waals surface area contributed by atoms with Gasteiger partial charge in [-0.2, -0.15) is 0 Å². The second-order valence-corrected chi connectivity index (χ2v) is 4.97. The molecule has 0 spiro atoms. The molecule has 0 aliphatic heterocycles. The zero-order valence-corrected chi connectivity index (χ0v) is 9.26. The SMILES string of the molecule is [NH]S(=O)(=O)CCCNCc1ccccc1. The van der Waals surface area contributed by atoms with Crippen molar-refractivity contribution in [1.29, 1.82) is 0 Å². The van der Waals surface area contributed by atoms with Crippen molar-refractivity contribution >= 4 is 10.0 Å². The third-order valence-corrected chi connectivity index (χ3v) is 2.76. The molecule has 0 saturated carbocycles. The summed E-state index contributed by atoms with van der Waals surface area (Å²) in [5.74, 6) is -0.0746. The summed E-state index contributed by atoms with van der Waals surface area (Å²) in [5.41, 5.74) is 1.17. The van der Waals surface area contributed by atoms with Gasteiger partial charge in [0.1, 0.15) is 0 Å². The van der Waals surface area contributed by atoms with E-state index in [2.05, 4.69) is 5.32 Å². The molecule has 1 aromatic rings. The Bertz CT molecular complexity index is 376. The first-order chi connectivity index (χ1) is 7.08. The van der Waals surface area contributed by atoms with Crippen molar-refractivity contribution in [2.75, 3.05) is 12.3 Å². The van der Waals surface area contributed by atoms with Gasteiger partial charge in [-0.05, 0) is 18.5 Å². The number of nitrogens with one attached hydrogen (secondary N) is 2. The van der Waals surface area contributed by atoms with Gasteiger partial charge in [0.25, 0.3) is 0 Å². The molecule has 0 fully saturated rings. The zero-order chi connectivity index (χ0) is 11.1. The zero-order valence-electron chi connectivity index (χ0n) is 8.44. The minimum Gasteiger partial charge on any atom is -0.313 e. The van der Waals surface area contributed by atoms with Crippen molar-refractivity contribution < 1.29 is 8.42 Å². The number of sulfonamides is 1. The summed E-state index contributed by atoms with van der Waals surface area (Å²) in [5, 5.41) is 9.80. The fourth-order valence-electron chi connectivity index (χ4n) is 1.22. The molecule has 1 aromatic carbocycles. The average Bonchev–Trinajstić information content (AvgIpc) is 2.17. The largest absolute Gasteiger partial charge is 0.313 e. The molecule has 0 atom stereocenters. The highest BCUT2D eigenvalue weighted by molar-refractivity contribution is 7.88. The third kappa shape index (κ3) is 6.22. The van der Waals surface area contributed by atoms with Crippen molar-refractivity contribution in [2.45, 2.75) is 13.0 Å². The van der Waals surface area contributed by atoms with E-state index in [4.69, 9.17) is 5.14 Å². The topological polar surface area (TPSA) is 70.0 Å². The van der Waals surface area contributed by atoms with E-state index in [-0.39, 0.29) is 5.75 Å². The van der Waals surface area contributed by atoms with Gasteiger partial charge in [0.15, 0.2) is 0 Å². The molecule has 1 radical (unpaired) electrons. The second-order valence-electron chi connectivity index (χ2n) is 3.33. The van der Waals surface area contributed by atoms with Crippen LogP contribution in [0.5, 0.6) is 0 Å². The summed E-state index contributed by atoms with van der Waals surface area (Å²) < 4.78 is 21.0. The van der Waals surface area contributed by atoms with Crippen LogP contribution in [0.15, 0.2) is 30.3 Å². The van der Waals surface area contributed by atoms with E-state index in [1.807, 2.05) is 30.3 Å². The molecule has 0 aliphatic carbocycles. The van der Waals surface area contributed by atoms with Gasteiger partial charge in [-0.3, -0.25) is 0 Å². The third-order valence-electron chi connectivity index (χ3n) is 1.94. The van der Waals surface area contributed by atoms with Crippen molar-refractivity contribution in [3.8, 4) is 0 Å². The van der Waals surface area contributed by atoms with Gasteiger partial charge >= 0.3 is 0 Å². The smallest absolute Gasteiger partial charge is 0.225 e. The quantitative estimate of drug-likeness (QED) is 0.730. The fourth-order valence-corrected chi connectivity index (χ4v) is 1.74. The summed E-state index contributed by atoms with van der Waals surface area (Å²) >= 11 is 0. The Labute approximate surface area is 90.5 Å². The van der Waals surface area contributed by atoms with Crippen LogP contribution < -0.4 is 10.5 Å². The van der Waals surface area contributed by atoms with Crippen molar-refractivity contribution in [1.82, 2.24) is 10.5 Å². The Balaban J connectivity index is 2.13. The van der Waals surface area contributed by atoms with E-state index in [9.17, 15) is 8.42 Å². The monoisotopic (exact) mass is 227 g/mol. The lowest BCUT2D eigenvalue weighted by molar-refractivity contribution is 0.589. The van der Waals surface area contributed by atoms with E-state index in [0.29, 0.717) is 13.0 Å². The molecule has 0 aliphatic rings. The van der Waals surface area contributed by atoms with Crippen LogP contribution in [0.4, 0.5) is 0 Å². The highest BCUT2D eigenvalue weighted by Crippen LogP contribution is 1.97. The molecule has 0 saturated heterocycles. The molecule has 0 bridgehead atoms. The number of rotatable bonds is 6. The fraction of sp³-hybridized carbons (Fsp3) is 0.400. The first-order valence-electron chi connectivity index (χ1n) is 4.80. The number of benzene rings is 1. The molecule has 1 rings (SSSR count). The van der Waals surface area contributed by atoms with Crippen LogP contribution in [0.3, 0.4) is 0 Å². The van der Waals surface area contributed by atoms with Gasteiger partial charge in [0, 0.05) is 6.54 Å². The van der Waals surface area contributed by atoms with Crippen LogP contribution >= 0.6 is 0 Å². The molecule has 83 valence electrons. The van der Waals surface area contributed by atoms with Crippen LogP contribution in [0.1, 0.15) is 12.0 Å². The summed E-state index contributed by atoms with van der Waals surface area (Å²) in [6.45, 7) is 1.35. The minimum absolute atomic E-state index is 0.0746. The highest BCUT2D eigenvalue weighted by atomic mass is 32.2. The Kier molecular flexibility index (Phi) is 4.74. The van der Waals surface area contributed by atoms with Crippen LogP contribution in [-0.2, 0) is 16.6 Å².